The van der Waals surface area contributed by atoms with Gasteiger partial charge >= 0.3 is 5.51 Å². The zero-order valence-corrected chi connectivity index (χ0v) is 11.5. The van der Waals surface area contributed by atoms with Crippen LogP contribution in [0.1, 0.15) is 37.7 Å². The zero-order valence-electron chi connectivity index (χ0n) is 10.7. The van der Waals surface area contributed by atoms with E-state index in [1.807, 2.05) is 12.1 Å². The van der Waals surface area contributed by atoms with E-state index < -0.39 is 5.51 Å². The van der Waals surface area contributed by atoms with Gasteiger partial charge in [-0.1, -0.05) is 31.4 Å². The van der Waals surface area contributed by atoms with Gasteiger partial charge in [0.05, 0.1) is 0 Å². The molecule has 0 aliphatic heterocycles. The summed E-state index contributed by atoms with van der Waals surface area (Å²) in [5.41, 5.74) is 2.76. The maximum absolute atomic E-state index is 12.3. The van der Waals surface area contributed by atoms with Gasteiger partial charge in [-0.05, 0) is 42.3 Å². The summed E-state index contributed by atoms with van der Waals surface area (Å²) in [5.74, 6) is 0. The summed E-state index contributed by atoms with van der Waals surface area (Å²) >= 11 is -0.0686. The van der Waals surface area contributed by atoms with Gasteiger partial charge in [0.1, 0.15) is 0 Å². The first kappa shape index (κ1) is 14.7. The summed E-state index contributed by atoms with van der Waals surface area (Å²) in [6.07, 6.45) is 5.60. The smallest absolute Gasteiger partial charge is 0.330 e. The summed E-state index contributed by atoms with van der Waals surface area (Å²) in [6, 6.07) is 6.73. The quantitative estimate of drug-likeness (QED) is 0.831. The molecule has 0 bridgehead atoms. The Balaban J connectivity index is 2.16. The summed E-state index contributed by atoms with van der Waals surface area (Å²) in [4.78, 5) is 0.235. The molecule has 0 unspecified atom stereocenters. The maximum atomic E-state index is 12.3. The van der Waals surface area contributed by atoms with E-state index in [2.05, 4.69) is 0 Å². The van der Waals surface area contributed by atoms with Crippen LogP contribution in [0.3, 0.4) is 0 Å². The van der Waals surface area contributed by atoms with Crippen LogP contribution in [0.15, 0.2) is 29.2 Å². The number of thioether (sulfide) groups is 1. The molecular weight excluding hydrogens is 271 g/mol. The fourth-order valence-electron chi connectivity index (χ4n) is 2.85. The van der Waals surface area contributed by atoms with Gasteiger partial charge in [0.2, 0.25) is 0 Å². The number of hydrogen-bond acceptors (Lipinski definition) is 2. The lowest BCUT2D eigenvalue weighted by atomic mass is 9.69. The molecule has 1 aromatic carbocycles. The van der Waals surface area contributed by atoms with Gasteiger partial charge in [-0.15, -0.1) is 0 Å². The van der Waals surface area contributed by atoms with Crippen LogP contribution in [0, 0.1) is 0 Å². The molecular formula is C14H18F3NS. The average molecular weight is 289 g/mol. The molecule has 5 heteroatoms. The Morgan fingerprint density at radius 1 is 1.05 bits per heavy atom. The Kier molecular flexibility index (Phi) is 4.46. The Bertz CT molecular complexity index is 408. The minimum atomic E-state index is -4.22. The third-order valence-corrected chi connectivity index (χ3v) is 4.64. The molecule has 0 radical (unpaired) electrons. The number of halogens is 3. The number of benzene rings is 1. The van der Waals surface area contributed by atoms with E-state index in [1.165, 1.54) is 6.42 Å². The van der Waals surface area contributed by atoms with Crippen LogP contribution in [0.4, 0.5) is 13.2 Å². The Labute approximate surface area is 115 Å². The topological polar surface area (TPSA) is 26.0 Å². The van der Waals surface area contributed by atoms with Gasteiger partial charge < -0.3 is 5.73 Å². The van der Waals surface area contributed by atoms with Crippen molar-refractivity contribution in [2.24, 2.45) is 5.73 Å². The van der Waals surface area contributed by atoms with Crippen molar-refractivity contribution in [3.8, 4) is 0 Å². The molecule has 1 aromatic rings. The van der Waals surface area contributed by atoms with E-state index in [0.717, 1.165) is 31.2 Å². The molecule has 1 nitrogen and oxygen atoms in total. The van der Waals surface area contributed by atoms with Crippen LogP contribution in [0.2, 0.25) is 0 Å². The SMILES string of the molecule is NCC1(c2ccc(SC(F)(F)F)cc2)CCCCC1. The van der Waals surface area contributed by atoms with Gasteiger partial charge in [0.15, 0.2) is 0 Å². The van der Waals surface area contributed by atoms with Crippen molar-refractivity contribution in [1.29, 1.82) is 0 Å². The van der Waals surface area contributed by atoms with Crippen molar-refractivity contribution in [3.05, 3.63) is 29.8 Å². The third kappa shape index (κ3) is 3.66. The standard InChI is InChI=1S/C14H18F3NS/c15-14(16,17)19-12-6-4-11(5-7-12)13(10-18)8-2-1-3-9-13/h4-7H,1-3,8-10,18H2. The van der Waals surface area contributed by atoms with E-state index in [0.29, 0.717) is 6.54 Å². The maximum Gasteiger partial charge on any atom is 0.446 e. The number of hydrogen-bond donors (Lipinski definition) is 1. The van der Waals surface area contributed by atoms with E-state index in [1.54, 1.807) is 12.1 Å². The molecule has 1 aliphatic rings. The summed E-state index contributed by atoms with van der Waals surface area (Å²) in [7, 11) is 0. The molecule has 0 heterocycles. The van der Waals surface area contributed by atoms with Crippen molar-refractivity contribution in [2.45, 2.75) is 47.9 Å². The second-order valence-electron chi connectivity index (χ2n) is 5.12. The molecule has 0 amide bonds. The highest BCUT2D eigenvalue weighted by Gasteiger charge is 2.33. The average Bonchev–Trinajstić information content (AvgIpc) is 2.38. The summed E-state index contributed by atoms with van der Waals surface area (Å²) in [6.45, 7) is 0.568. The first-order valence-corrected chi connectivity index (χ1v) is 7.33. The van der Waals surface area contributed by atoms with Crippen LogP contribution in [0.5, 0.6) is 0 Å². The highest BCUT2D eigenvalue weighted by Crippen LogP contribution is 2.41. The molecule has 2 N–H and O–H groups in total. The van der Waals surface area contributed by atoms with Gasteiger partial charge in [0.25, 0.3) is 0 Å². The summed E-state index contributed by atoms with van der Waals surface area (Å²) in [5, 5.41) is 0. The lowest BCUT2D eigenvalue weighted by Gasteiger charge is -2.37. The van der Waals surface area contributed by atoms with Crippen molar-refractivity contribution >= 4 is 11.8 Å². The number of alkyl halides is 3. The van der Waals surface area contributed by atoms with Crippen LogP contribution < -0.4 is 5.73 Å². The van der Waals surface area contributed by atoms with Gasteiger partial charge in [-0.25, -0.2) is 0 Å². The number of nitrogens with two attached hydrogens (primary N) is 1. The Hall–Kier alpha value is -0.680. The second kappa shape index (κ2) is 5.75. The third-order valence-electron chi connectivity index (χ3n) is 3.90. The molecule has 19 heavy (non-hydrogen) atoms. The lowest BCUT2D eigenvalue weighted by Crippen LogP contribution is -2.37. The molecule has 0 aromatic heterocycles. The van der Waals surface area contributed by atoms with E-state index in [-0.39, 0.29) is 22.1 Å². The first-order valence-electron chi connectivity index (χ1n) is 6.52. The lowest BCUT2D eigenvalue weighted by molar-refractivity contribution is -0.0328. The normalized spacial score (nSPS) is 19.4. The van der Waals surface area contributed by atoms with Gasteiger partial charge in [-0.2, -0.15) is 13.2 Å². The second-order valence-corrected chi connectivity index (χ2v) is 6.26. The predicted molar refractivity (Wildman–Crippen MR) is 72.2 cm³/mol. The van der Waals surface area contributed by atoms with Crippen LogP contribution in [0.25, 0.3) is 0 Å². The van der Waals surface area contributed by atoms with Crippen molar-refractivity contribution < 1.29 is 13.2 Å². The van der Waals surface area contributed by atoms with E-state index >= 15 is 0 Å². The van der Waals surface area contributed by atoms with E-state index in [4.69, 9.17) is 5.73 Å². The minimum Gasteiger partial charge on any atom is -0.330 e. The number of rotatable bonds is 3. The van der Waals surface area contributed by atoms with Crippen LogP contribution >= 0.6 is 11.8 Å². The fraction of sp³-hybridized carbons (Fsp3) is 0.571. The minimum absolute atomic E-state index is 0.0281. The van der Waals surface area contributed by atoms with Crippen LogP contribution in [-0.2, 0) is 5.41 Å². The Morgan fingerprint density at radius 2 is 1.63 bits per heavy atom. The highest BCUT2D eigenvalue weighted by molar-refractivity contribution is 8.00. The Morgan fingerprint density at radius 3 is 2.11 bits per heavy atom. The highest BCUT2D eigenvalue weighted by atomic mass is 32.2. The molecule has 0 atom stereocenters. The zero-order chi connectivity index (χ0) is 13.9. The fourth-order valence-corrected chi connectivity index (χ4v) is 3.39. The molecule has 1 fully saturated rings. The van der Waals surface area contributed by atoms with E-state index in [9.17, 15) is 13.2 Å². The van der Waals surface area contributed by atoms with Crippen molar-refractivity contribution in [1.82, 2.24) is 0 Å². The van der Waals surface area contributed by atoms with Crippen molar-refractivity contribution in [3.63, 3.8) is 0 Å². The molecule has 2 rings (SSSR count). The van der Waals surface area contributed by atoms with Gasteiger partial charge in [0, 0.05) is 16.9 Å². The molecule has 1 saturated carbocycles. The van der Waals surface area contributed by atoms with Crippen molar-refractivity contribution in [2.75, 3.05) is 6.54 Å². The predicted octanol–water partition coefficient (Wildman–Crippen LogP) is 4.46. The molecule has 106 valence electrons. The molecule has 0 spiro atoms. The van der Waals surface area contributed by atoms with Gasteiger partial charge in [-0.3, -0.25) is 0 Å². The molecule has 1 aliphatic carbocycles. The summed E-state index contributed by atoms with van der Waals surface area (Å²) < 4.78 is 36.8. The first-order chi connectivity index (χ1) is 8.95. The molecule has 0 saturated heterocycles. The van der Waals surface area contributed by atoms with Crippen LogP contribution in [-0.4, -0.2) is 12.1 Å². The monoisotopic (exact) mass is 289 g/mol. The largest absolute Gasteiger partial charge is 0.446 e.